The van der Waals surface area contributed by atoms with E-state index in [1.807, 2.05) is 85.1 Å². The van der Waals surface area contributed by atoms with Crippen LogP contribution in [0.25, 0.3) is 16.8 Å². The number of aryl methyl sites for hydroxylation is 2. The van der Waals surface area contributed by atoms with Crippen LogP contribution >= 0.6 is 15.9 Å². The number of ether oxygens (including phenoxy) is 1. The van der Waals surface area contributed by atoms with E-state index in [-0.39, 0.29) is 5.78 Å². The summed E-state index contributed by atoms with van der Waals surface area (Å²) >= 11 is 3.28. The standard InChI is InChI=1S/C23H19N3O2.C6H6BrN/c1-16-10-11-24-20(12-16)23(27)21-14-26(15-25-21)18-7-5-6-17(13-18)19-8-3-4-9-22(19)28-2;1-5-3-2-4-8-6(5)7/h3-15H,1-2H3;2-4H,1H3. The predicted molar refractivity (Wildman–Crippen MR) is 145 cm³/mol. The van der Waals surface area contributed by atoms with Gasteiger partial charge in [0, 0.05) is 29.8 Å². The third-order valence-corrected chi connectivity index (χ3v) is 6.30. The number of pyridine rings is 2. The fourth-order valence-corrected chi connectivity index (χ4v) is 3.81. The summed E-state index contributed by atoms with van der Waals surface area (Å²) in [6, 6.07) is 23.4. The third kappa shape index (κ3) is 5.93. The molecule has 0 radical (unpaired) electrons. The minimum Gasteiger partial charge on any atom is -0.496 e. The predicted octanol–water partition coefficient (Wildman–Crippen LogP) is 6.63. The lowest BCUT2D eigenvalue weighted by molar-refractivity contribution is 0.103. The number of benzene rings is 2. The summed E-state index contributed by atoms with van der Waals surface area (Å²) in [6.07, 6.45) is 6.77. The Morgan fingerprint density at radius 3 is 2.42 bits per heavy atom. The van der Waals surface area contributed by atoms with Crippen molar-refractivity contribution in [2.45, 2.75) is 13.8 Å². The molecule has 6 nitrogen and oxygen atoms in total. The van der Waals surface area contributed by atoms with E-state index in [1.165, 1.54) is 5.56 Å². The zero-order valence-electron chi connectivity index (χ0n) is 20.2. The molecule has 0 bridgehead atoms. The van der Waals surface area contributed by atoms with E-state index in [4.69, 9.17) is 4.74 Å². The maximum atomic E-state index is 12.7. The minimum atomic E-state index is -0.191. The zero-order valence-corrected chi connectivity index (χ0v) is 21.8. The van der Waals surface area contributed by atoms with Crippen LogP contribution in [0.4, 0.5) is 0 Å². The van der Waals surface area contributed by atoms with Gasteiger partial charge in [0.25, 0.3) is 0 Å². The normalized spacial score (nSPS) is 10.3. The van der Waals surface area contributed by atoms with Crippen molar-refractivity contribution in [3.63, 3.8) is 0 Å². The molecule has 36 heavy (non-hydrogen) atoms. The fourth-order valence-electron chi connectivity index (χ4n) is 3.56. The van der Waals surface area contributed by atoms with Crippen molar-refractivity contribution in [2.75, 3.05) is 7.11 Å². The summed E-state index contributed by atoms with van der Waals surface area (Å²) in [6.45, 7) is 3.94. The van der Waals surface area contributed by atoms with Crippen LogP contribution in [0.5, 0.6) is 5.75 Å². The Hall–Kier alpha value is -4.10. The number of hydrogen-bond donors (Lipinski definition) is 0. The molecule has 5 rings (SSSR count). The molecule has 0 saturated carbocycles. The Morgan fingerprint density at radius 1 is 0.861 bits per heavy atom. The first-order valence-electron chi connectivity index (χ1n) is 11.3. The number of para-hydroxylation sites is 1. The van der Waals surface area contributed by atoms with Gasteiger partial charge in [0.2, 0.25) is 5.78 Å². The van der Waals surface area contributed by atoms with Crippen LogP contribution in [0.3, 0.4) is 0 Å². The number of hydrogen-bond acceptors (Lipinski definition) is 5. The summed E-state index contributed by atoms with van der Waals surface area (Å²) in [4.78, 5) is 25.1. The number of imidazole rings is 1. The summed E-state index contributed by atoms with van der Waals surface area (Å²) < 4.78 is 8.23. The lowest BCUT2D eigenvalue weighted by Gasteiger charge is -2.10. The number of rotatable bonds is 5. The number of carbonyl (C=O) groups excluding carboxylic acids is 1. The maximum absolute atomic E-state index is 12.7. The van der Waals surface area contributed by atoms with E-state index in [1.54, 1.807) is 38.1 Å². The van der Waals surface area contributed by atoms with E-state index in [2.05, 4.69) is 30.9 Å². The number of aromatic nitrogens is 4. The molecule has 0 saturated heterocycles. The molecule has 0 aliphatic rings. The average Bonchev–Trinajstić information content (AvgIpc) is 3.41. The molecule has 0 aliphatic carbocycles. The molecule has 3 heterocycles. The van der Waals surface area contributed by atoms with Gasteiger partial charge in [-0.05, 0) is 82.9 Å². The second kappa shape index (κ2) is 11.6. The topological polar surface area (TPSA) is 69.9 Å². The highest BCUT2D eigenvalue weighted by Gasteiger charge is 2.14. The lowest BCUT2D eigenvalue weighted by Crippen LogP contribution is -2.04. The van der Waals surface area contributed by atoms with Crippen LogP contribution in [-0.4, -0.2) is 32.4 Å². The van der Waals surface area contributed by atoms with Gasteiger partial charge in [-0.3, -0.25) is 9.78 Å². The first-order chi connectivity index (χ1) is 17.5. The summed E-state index contributed by atoms with van der Waals surface area (Å²) in [5, 5.41) is 0. The molecule has 7 heteroatoms. The monoisotopic (exact) mass is 540 g/mol. The number of methoxy groups -OCH3 is 1. The van der Waals surface area contributed by atoms with Gasteiger partial charge >= 0.3 is 0 Å². The highest BCUT2D eigenvalue weighted by Crippen LogP contribution is 2.30. The summed E-state index contributed by atoms with van der Waals surface area (Å²) in [5.41, 5.74) is 5.86. The smallest absolute Gasteiger partial charge is 0.231 e. The van der Waals surface area contributed by atoms with E-state index < -0.39 is 0 Å². The summed E-state index contributed by atoms with van der Waals surface area (Å²) in [7, 11) is 1.66. The van der Waals surface area contributed by atoms with Crippen molar-refractivity contribution in [1.82, 2.24) is 19.5 Å². The van der Waals surface area contributed by atoms with Gasteiger partial charge in [-0.15, -0.1) is 0 Å². The lowest BCUT2D eigenvalue weighted by atomic mass is 10.0. The van der Waals surface area contributed by atoms with Crippen molar-refractivity contribution < 1.29 is 9.53 Å². The molecular formula is C29H25BrN4O2. The quantitative estimate of drug-likeness (QED) is 0.184. The second-order valence-electron chi connectivity index (χ2n) is 8.08. The Balaban J connectivity index is 0.000000325. The highest BCUT2D eigenvalue weighted by molar-refractivity contribution is 9.10. The van der Waals surface area contributed by atoms with Crippen molar-refractivity contribution in [1.29, 1.82) is 0 Å². The highest BCUT2D eigenvalue weighted by atomic mass is 79.9. The van der Waals surface area contributed by atoms with E-state index in [0.29, 0.717) is 11.4 Å². The molecule has 180 valence electrons. The molecular weight excluding hydrogens is 516 g/mol. The molecule has 5 aromatic rings. The molecule has 3 aromatic heterocycles. The minimum absolute atomic E-state index is 0.191. The van der Waals surface area contributed by atoms with Crippen molar-refractivity contribution in [2.24, 2.45) is 0 Å². The SMILES string of the molecule is COc1ccccc1-c1cccc(-n2cnc(C(=O)c3cc(C)ccn3)c2)c1.Cc1cccnc1Br. The Bertz CT molecular complexity index is 1480. The number of nitrogens with zero attached hydrogens (tertiary/aromatic N) is 4. The van der Waals surface area contributed by atoms with Crippen LogP contribution in [-0.2, 0) is 0 Å². The largest absolute Gasteiger partial charge is 0.496 e. The van der Waals surface area contributed by atoms with Crippen molar-refractivity contribution >= 4 is 21.7 Å². The van der Waals surface area contributed by atoms with Crippen molar-refractivity contribution in [3.8, 4) is 22.6 Å². The molecule has 0 amide bonds. The molecule has 0 spiro atoms. The van der Waals surface area contributed by atoms with E-state index >= 15 is 0 Å². The second-order valence-corrected chi connectivity index (χ2v) is 8.83. The van der Waals surface area contributed by atoms with Gasteiger partial charge < -0.3 is 9.30 Å². The first kappa shape index (κ1) is 25.0. The van der Waals surface area contributed by atoms with Crippen molar-refractivity contribution in [3.05, 3.63) is 125 Å². The van der Waals surface area contributed by atoms with E-state index in [9.17, 15) is 4.79 Å². The molecule has 2 aromatic carbocycles. The fraction of sp³-hybridized carbons (Fsp3) is 0.103. The third-order valence-electron chi connectivity index (χ3n) is 5.47. The van der Waals surface area contributed by atoms with Gasteiger partial charge in [-0.1, -0.05) is 36.4 Å². The maximum Gasteiger partial charge on any atom is 0.231 e. The van der Waals surface area contributed by atoms with Crippen LogP contribution in [0.15, 0.2) is 102 Å². The Kier molecular flexibility index (Phi) is 8.02. The van der Waals surface area contributed by atoms with E-state index in [0.717, 1.165) is 32.7 Å². The molecule has 0 aliphatic heterocycles. The van der Waals surface area contributed by atoms with Gasteiger partial charge in [0.1, 0.15) is 28.1 Å². The molecule has 0 atom stereocenters. The summed E-state index contributed by atoms with van der Waals surface area (Å²) in [5.74, 6) is 0.620. The zero-order chi connectivity index (χ0) is 25.5. The van der Waals surface area contributed by atoms with Crippen LogP contribution < -0.4 is 4.74 Å². The van der Waals surface area contributed by atoms with Crippen LogP contribution in [0.1, 0.15) is 27.3 Å². The average molecular weight is 541 g/mol. The molecule has 0 N–H and O–H groups in total. The number of carbonyl (C=O) groups is 1. The van der Waals surface area contributed by atoms with Crippen LogP contribution in [0.2, 0.25) is 0 Å². The number of ketones is 1. The Labute approximate surface area is 218 Å². The van der Waals surface area contributed by atoms with Gasteiger partial charge in [-0.2, -0.15) is 0 Å². The molecule has 0 fully saturated rings. The molecule has 0 unspecified atom stereocenters. The van der Waals surface area contributed by atoms with Gasteiger partial charge in [-0.25, -0.2) is 9.97 Å². The van der Waals surface area contributed by atoms with Gasteiger partial charge in [0.15, 0.2) is 0 Å². The Morgan fingerprint density at radius 2 is 1.69 bits per heavy atom. The first-order valence-corrected chi connectivity index (χ1v) is 12.1. The van der Waals surface area contributed by atoms with Gasteiger partial charge in [0.05, 0.1) is 7.11 Å². The van der Waals surface area contributed by atoms with Crippen LogP contribution in [0, 0.1) is 13.8 Å². The number of halogens is 1.